The van der Waals surface area contributed by atoms with E-state index in [-0.39, 0.29) is 18.3 Å². The monoisotopic (exact) mass is 266 g/mol. The summed E-state index contributed by atoms with van der Waals surface area (Å²) in [5.74, 6) is -1.08. The third-order valence-corrected chi connectivity index (χ3v) is 3.72. The predicted molar refractivity (Wildman–Crippen MR) is 71.9 cm³/mol. The summed E-state index contributed by atoms with van der Waals surface area (Å²) in [7, 11) is 2.00. The number of rotatable bonds is 3. The van der Waals surface area contributed by atoms with Gasteiger partial charge >= 0.3 is 5.97 Å². The van der Waals surface area contributed by atoms with Gasteiger partial charge in [0.1, 0.15) is 5.82 Å². The molecule has 1 aromatic carbocycles. The number of hydrogen-bond acceptors (Lipinski definition) is 3. The van der Waals surface area contributed by atoms with Gasteiger partial charge in [0.15, 0.2) is 0 Å². The average Bonchev–Trinajstić information content (AvgIpc) is 2.34. The minimum Gasteiger partial charge on any atom is -0.481 e. The summed E-state index contributed by atoms with van der Waals surface area (Å²) in [6.07, 6.45) is 0.0917. The summed E-state index contributed by atoms with van der Waals surface area (Å²) in [5.41, 5.74) is 0.882. The molecule has 1 aliphatic rings. The Hall–Kier alpha value is -1.62. The van der Waals surface area contributed by atoms with Crippen LogP contribution in [-0.4, -0.2) is 48.2 Å². The van der Waals surface area contributed by atoms with Crippen LogP contribution in [0, 0.1) is 5.82 Å². The van der Waals surface area contributed by atoms with E-state index < -0.39 is 5.97 Å². The van der Waals surface area contributed by atoms with E-state index in [0.717, 1.165) is 12.2 Å². The summed E-state index contributed by atoms with van der Waals surface area (Å²) in [4.78, 5) is 15.2. The van der Waals surface area contributed by atoms with Gasteiger partial charge in [-0.2, -0.15) is 0 Å². The molecule has 1 N–H and O–H groups in total. The minimum absolute atomic E-state index is 0.0795. The van der Waals surface area contributed by atoms with Crippen LogP contribution in [0.15, 0.2) is 24.3 Å². The Morgan fingerprint density at radius 3 is 2.58 bits per heavy atom. The van der Waals surface area contributed by atoms with Crippen molar-refractivity contribution in [3.63, 3.8) is 0 Å². The second kappa shape index (κ2) is 5.57. The number of anilines is 1. The summed E-state index contributed by atoms with van der Waals surface area (Å²) in [5, 5.41) is 9.02. The average molecular weight is 266 g/mol. The fourth-order valence-corrected chi connectivity index (χ4v) is 2.51. The molecule has 19 heavy (non-hydrogen) atoms. The summed E-state index contributed by atoms with van der Waals surface area (Å²) < 4.78 is 13.0. The number of aliphatic carboxylic acids is 1. The third kappa shape index (κ3) is 3.23. The lowest BCUT2D eigenvalue weighted by atomic mass is 10.0. The highest BCUT2D eigenvalue weighted by molar-refractivity contribution is 5.68. The van der Waals surface area contributed by atoms with Crippen LogP contribution in [0.25, 0.3) is 0 Å². The molecule has 0 radical (unpaired) electrons. The standard InChI is InChI=1S/C14H19FN2O2/c1-10-8-17(12-5-3-11(15)4-6-12)13(7-14(18)19)9-16(10)2/h3-6,10,13H,7-9H2,1-2H3,(H,18,19). The van der Waals surface area contributed by atoms with Gasteiger partial charge in [-0.1, -0.05) is 0 Å². The van der Waals surface area contributed by atoms with E-state index in [1.807, 2.05) is 7.05 Å². The highest BCUT2D eigenvalue weighted by Crippen LogP contribution is 2.24. The lowest BCUT2D eigenvalue weighted by Crippen LogP contribution is -2.56. The number of likely N-dealkylation sites (N-methyl/N-ethyl adjacent to an activating group) is 1. The molecule has 0 spiro atoms. The molecule has 2 unspecified atom stereocenters. The quantitative estimate of drug-likeness (QED) is 0.906. The van der Waals surface area contributed by atoms with Crippen molar-refractivity contribution in [3.8, 4) is 0 Å². The van der Waals surface area contributed by atoms with Gasteiger partial charge in [-0.15, -0.1) is 0 Å². The number of benzene rings is 1. The molecule has 1 saturated heterocycles. The van der Waals surface area contributed by atoms with Crippen molar-refractivity contribution in [2.45, 2.75) is 25.4 Å². The molecule has 5 heteroatoms. The van der Waals surface area contributed by atoms with Crippen LogP contribution >= 0.6 is 0 Å². The zero-order valence-electron chi connectivity index (χ0n) is 11.2. The first-order valence-corrected chi connectivity index (χ1v) is 6.41. The Morgan fingerprint density at radius 2 is 2.00 bits per heavy atom. The van der Waals surface area contributed by atoms with Crippen LogP contribution in [-0.2, 0) is 4.79 Å². The van der Waals surface area contributed by atoms with E-state index in [0.29, 0.717) is 12.6 Å². The summed E-state index contributed by atoms with van der Waals surface area (Å²) in [6.45, 7) is 3.55. The van der Waals surface area contributed by atoms with Crippen molar-refractivity contribution >= 4 is 11.7 Å². The lowest BCUT2D eigenvalue weighted by molar-refractivity contribution is -0.137. The number of carbonyl (C=O) groups is 1. The van der Waals surface area contributed by atoms with E-state index in [2.05, 4.69) is 16.7 Å². The molecule has 0 aliphatic carbocycles. The number of halogens is 1. The lowest BCUT2D eigenvalue weighted by Gasteiger charge is -2.44. The molecule has 1 fully saturated rings. The molecule has 2 rings (SSSR count). The predicted octanol–water partition coefficient (Wildman–Crippen LogP) is 1.81. The van der Waals surface area contributed by atoms with Crippen LogP contribution in [0.1, 0.15) is 13.3 Å². The summed E-state index contributed by atoms with van der Waals surface area (Å²) in [6, 6.07) is 6.51. The number of carboxylic acids is 1. The maximum absolute atomic E-state index is 13.0. The minimum atomic E-state index is -0.805. The summed E-state index contributed by atoms with van der Waals surface area (Å²) >= 11 is 0. The third-order valence-electron chi connectivity index (χ3n) is 3.72. The van der Waals surface area contributed by atoms with E-state index in [1.165, 1.54) is 12.1 Å². The molecule has 1 aromatic rings. The van der Waals surface area contributed by atoms with Crippen molar-refractivity contribution in [2.24, 2.45) is 0 Å². The molecule has 0 bridgehead atoms. The Balaban J connectivity index is 2.22. The van der Waals surface area contributed by atoms with Crippen LogP contribution in [0.3, 0.4) is 0 Å². The van der Waals surface area contributed by atoms with Crippen LogP contribution in [0.5, 0.6) is 0 Å². The van der Waals surface area contributed by atoms with Gasteiger partial charge in [0.2, 0.25) is 0 Å². The van der Waals surface area contributed by atoms with Crippen molar-refractivity contribution in [2.75, 3.05) is 25.0 Å². The van der Waals surface area contributed by atoms with E-state index in [4.69, 9.17) is 5.11 Å². The van der Waals surface area contributed by atoms with Crippen LogP contribution < -0.4 is 4.90 Å². The molecule has 1 aliphatic heterocycles. The molecule has 4 nitrogen and oxygen atoms in total. The second-order valence-corrected chi connectivity index (χ2v) is 5.17. The number of nitrogens with zero attached hydrogens (tertiary/aromatic N) is 2. The van der Waals surface area contributed by atoms with Crippen molar-refractivity contribution in [1.29, 1.82) is 0 Å². The van der Waals surface area contributed by atoms with E-state index >= 15 is 0 Å². The van der Waals surface area contributed by atoms with Gasteiger partial charge in [-0.25, -0.2) is 4.39 Å². The van der Waals surface area contributed by atoms with Crippen molar-refractivity contribution in [1.82, 2.24) is 4.90 Å². The molecule has 0 saturated carbocycles. The van der Waals surface area contributed by atoms with Gasteiger partial charge in [-0.05, 0) is 38.2 Å². The Bertz CT molecular complexity index is 449. The van der Waals surface area contributed by atoms with Gasteiger partial charge in [0.05, 0.1) is 12.5 Å². The molecule has 1 heterocycles. The Kier molecular flexibility index (Phi) is 4.04. The smallest absolute Gasteiger partial charge is 0.305 e. The number of hydrogen-bond donors (Lipinski definition) is 1. The fraction of sp³-hybridized carbons (Fsp3) is 0.500. The molecular formula is C14H19FN2O2. The van der Waals surface area contributed by atoms with Gasteiger partial charge in [0, 0.05) is 24.8 Å². The highest BCUT2D eigenvalue weighted by atomic mass is 19.1. The van der Waals surface area contributed by atoms with Gasteiger partial charge in [0.25, 0.3) is 0 Å². The van der Waals surface area contributed by atoms with Crippen LogP contribution in [0.2, 0.25) is 0 Å². The van der Waals surface area contributed by atoms with Gasteiger partial charge < -0.3 is 10.0 Å². The first kappa shape index (κ1) is 13.8. The zero-order chi connectivity index (χ0) is 14.0. The largest absolute Gasteiger partial charge is 0.481 e. The highest BCUT2D eigenvalue weighted by Gasteiger charge is 2.31. The first-order valence-electron chi connectivity index (χ1n) is 6.41. The maximum Gasteiger partial charge on any atom is 0.305 e. The SMILES string of the molecule is CC1CN(c2ccc(F)cc2)C(CC(=O)O)CN1C. The van der Waals surface area contributed by atoms with E-state index in [9.17, 15) is 9.18 Å². The zero-order valence-corrected chi connectivity index (χ0v) is 11.2. The Morgan fingerprint density at radius 1 is 1.37 bits per heavy atom. The molecule has 0 amide bonds. The number of carboxylic acid groups (broad SMARTS) is 1. The topological polar surface area (TPSA) is 43.8 Å². The normalized spacial score (nSPS) is 24.5. The second-order valence-electron chi connectivity index (χ2n) is 5.17. The molecule has 0 aromatic heterocycles. The molecule has 2 atom stereocenters. The molecular weight excluding hydrogens is 247 g/mol. The maximum atomic E-state index is 13.0. The van der Waals surface area contributed by atoms with Gasteiger partial charge in [-0.3, -0.25) is 9.69 Å². The van der Waals surface area contributed by atoms with Crippen molar-refractivity contribution < 1.29 is 14.3 Å². The van der Waals surface area contributed by atoms with E-state index in [1.54, 1.807) is 12.1 Å². The Labute approximate surface area is 112 Å². The van der Waals surface area contributed by atoms with Crippen molar-refractivity contribution in [3.05, 3.63) is 30.1 Å². The fourth-order valence-electron chi connectivity index (χ4n) is 2.51. The molecule has 104 valence electrons. The first-order chi connectivity index (χ1) is 8.97. The van der Waals surface area contributed by atoms with Crippen LogP contribution in [0.4, 0.5) is 10.1 Å². The number of piperazine rings is 1.